The van der Waals surface area contributed by atoms with Crippen LogP contribution < -0.4 is 10.6 Å². The number of carbonyl (C=O) groups excluding carboxylic acids is 1. The molecule has 3 aromatic rings. The fourth-order valence-corrected chi connectivity index (χ4v) is 5.47. The Labute approximate surface area is 190 Å². The lowest BCUT2D eigenvalue weighted by Gasteiger charge is -2.19. The highest BCUT2D eigenvalue weighted by molar-refractivity contribution is 7.90. The summed E-state index contributed by atoms with van der Waals surface area (Å²) in [5.74, 6) is -1.16. The van der Waals surface area contributed by atoms with Crippen molar-refractivity contribution in [3.63, 3.8) is 0 Å². The summed E-state index contributed by atoms with van der Waals surface area (Å²) >= 11 is 0. The Morgan fingerprint density at radius 2 is 1.94 bits per heavy atom. The van der Waals surface area contributed by atoms with Crippen LogP contribution in [-0.4, -0.2) is 35.9 Å². The normalized spacial score (nSPS) is 16.7. The summed E-state index contributed by atoms with van der Waals surface area (Å²) in [5.41, 5.74) is 7.70. The molecule has 0 atom stereocenters. The molecule has 7 nitrogen and oxygen atoms in total. The van der Waals surface area contributed by atoms with E-state index >= 15 is 0 Å². The average Bonchev–Trinajstić information content (AvgIpc) is 3.42. The van der Waals surface area contributed by atoms with Crippen LogP contribution in [0.25, 0.3) is 11.0 Å². The van der Waals surface area contributed by atoms with Crippen LogP contribution in [0.5, 0.6) is 0 Å². The van der Waals surface area contributed by atoms with Crippen molar-refractivity contribution in [2.24, 2.45) is 5.73 Å². The summed E-state index contributed by atoms with van der Waals surface area (Å²) in [5, 5.41) is 0. The minimum atomic E-state index is -3.14. The molecule has 1 aliphatic heterocycles. The maximum absolute atomic E-state index is 14.7. The molecule has 2 heterocycles. The third kappa shape index (κ3) is 3.71. The Kier molecular flexibility index (Phi) is 5.06. The molecule has 2 N–H and O–H groups in total. The van der Waals surface area contributed by atoms with E-state index in [4.69, 9.17) is 10.7 Å². The first-order valence-corrected chi connectivity index (χ1v) is 12.9. The summed E-state index contributed by atoms with van der Waals surface area (Å²) in [6.07, 6.45) is 2.62. The standard InChI is InChI=1S/C23H24F2N4O3S/c1-33(31,32)8-2-7-28-18-4-3-14(12-26)9-17(18)27-20(28)13-29-19-11-15(24)10-16(25)21(19)23(5-6-23)22(29)30/h3-4,9-11H,2,5-8,12-13,26H2,1H3. The number of fused-ring (bicyclic) bond motifs is 3. The van der Waals surface area contributed by atoms with Crippen molar-refractivity contribution >= 4 is 32.5 Å². The highest BCUT2D eigenvalue weighted by Gasteiger charge is 2.60. The lowest BCUT2D eigenvalue weighted by Crippen LogP contribution is -2.32. The van der Waals surface area contributed by atoms with Crippen LogP contribution in [0.2, 0.25) is 0 Å². The van der Waals surface area contributed by atoms with Crippen LogP contribution in [0.4, 0.5) is 14.5 Å². The molecule has 5 rings (SSSR count). The van der Waals surface area contributed by atoms with E-state index in [-0.39, 0.29) is 29.5 Å². The quantitative estimate of drug-likeness (QED) is 0.568. The van der Waals surface area contributed by atoms with E-state index < -0.39 is 26.9 Å². The number of sulfone groups is 1. The van der Waals surface area contributed by atoms with Gasteiger partial charge in [-0.25, -0.2) is 22.2 Å². The Hall–Kier alpha value is -2.85. The summed E-state index contributed by atoms with van der Waals surface area (Å²) in [7, 11) is -3.14. The third-order valence-electron chi connectivity index (χ3n) is 6.53. The van der Waals surface area contributed by atoms with E-state index in [9.17, 15) is 22.0 Å². The number of hydrogen-bond donors (Lipinski definition) is 1. The number of hydrogen-bond acceptors (Lipinski definition) is 5. The van der Waals surface area contributed by atoms with E-state index in [1.165, 1.54) is 17.2 Å². The van der Waals surface area contributed by atoms with Crippen molar-refractivity contribution in [1.82, 2.24) is 9.55 Å². The predicted octanol–water partition coefficient (Wildman–Crippen LogP) is 2.79. The number of halogens is 2. The first-order valence-electron chi connectivity index (χ1n) is 10.8. The van der Waals surface area contributed by atoms with Gasteiger partial charge < -0.3 is 15.2 Å². The lowest BCUT2D eigenvalue weighted by atomic mass is 9.97. The lowest BCUT2D eigenvalue weighted by molar-refractivity contribution is -0.120. The van der Waals surface area contributed by atoms with Gasteiger partial charge in [-0.2, -0.15) is 0 Å². The molecule has 0 radical (unpaired) electrons. The molecule has 0 unspecified atom stereocenters. The van der Waals surface area contributed by atoms with Crippen molar-refractivity contribution < 1.29 is 22.0 Å². The first-order chi connectivity index (χ1) is 15.6. The molecule has 174 valence electrons. The summed E-state index contributed by atoms with van der Waals surface area (Å²) in [6, 6.07) is 7.63. The van der Waals surface area contributed by atoms with Crippen LogP contribution in [0.15, 0.2) is 30.3 Å². The van der Waals surface area contributed by atoms with Gasteiger partial charge in [-0.05, 0) is 43.0 Å². The van der Waals surface area contributed by atoms with Crippen LogP contribution in [0.3, 0.4) is 0 Å². The van der Waals surface area contributed by atoms with Gasteiger partial charge in [0, 0.05) is 31.0 Å². The zero-order chi connectivity index (χ0) is 23.5. The van der Waals surface area contributed by atoms with Crippen LogP contribution in [0.1, 0.15) is 36.2 Å². The van der Waals surface area contributed by atoms with Crippen molar-refractivity contribution in [1.29, 1.82) is 0 Å². The number of aromatic nitrogens is 2. The number of benzene rings is 2. The monoisotopic (exact) mass is 474 g/mol. The molecular formula is C23H24F2N4O3S. The first kappa shape index (κ1) is 22.0. The van der Waals surface area contributed by atoms with E-state index in [0.29, 0.717) is 43.7 Å². The third-order valence-corrected chi connectivity index (χ3v) is 7.56. The number of anilines is 1. The van der Waals surface area contributed by atoms with Gasteiger partial charge in [-0.15, -0.1) is 0 Å². The largest absolute Gasteiger partial charge is 0.326 e. The fourth-order valence-electron chi connectivity index (χ4n) is 4.82. The number of carbonyl (C=O) groups is 1. The van der Waals surface area contributed by atoms with Crippen LogP contribution in [-0.2, 0) is 39.7 Å². The molecule has 1 amide bonds. The van der Waals surface area contributed by atoms with E-state index in [0.717, 1.165) is 17.1 Å². The smallest absolute Gasteiger partial charge is 0.238 e. The van der Waals surface area contributed by atoms with Gasteiger partial charge in [-0.1, -0.05) is 6.07 Å². The number of imidazole rings is 1. The van der Waals surface area contributed by atoms with E-state index in [2.05, 4.69) is 0 Å². The Morgan fingerprint density at radius 3 is 2.61 bits per heavy atom. The van der Waals surface area contributed by atoms with Gasteiger partial charge in [0.25, 0.3) is 0 Å². The molecule has 1 aliphatic carbocycles. The predicted molar refractivity (Wildman–Crippen MR) is 120 cm³/mol. The molecule has 1 fully saturated rings. The number of nitrogens with zero attached hydrogens (tertiary/aromatic N) is 3. The zero-order valence-electron chi connectivity index (χ0n) is 18.1. The van der Waals surface area contributed by atoms with Gasteiger partial charge in [-0.3, -0.25) is 4.79 Å². The number of rotatable bonds is 7. The molecule has 2 aliphatic rings. The molecular weight excluding hydrogens is 450 g/mol. The molecule has 10 heteroatoms. The Bertz CT molecular complexity index is 1400. The van der Waals surface area contributed by atoms with Crippen LogP contribution >= 0.6 is 0 Å². The number of nitrogens with two attached hydrogens (primary N) is 1. The molecule has 2 aromatic carbocycles. The van der Waals surface area contributed by atoms with Crippen molar-refractivity contribution in [2.75, 3.05) is 16.9 Å². The molecule has 1 aromatic heterocycles. The van der Waals surface area contributed by atoms with Crippen LogP contribution in [0, 0.1) is 11.6 Å². The van der Waals surface area contributed by atoms with Gasteiger partial charge in [0.15, 0.2) is 0 Å². The summed E-state index contributed by atoms with van der Waals surface area (Å²) < 4.78 is 53.9. The van der Waals surface area contributed by atoms with Crippen molar-refractivity contribution in [2.45, 2.75) is 44.3 Å². The SMILES string of the molecule is CS(=O)(=O)CCCn1c(CN2C(=O)C3(CC3)c3c(F)cc(F)cc32)nc2cc(CN)ccc21. The average molecular weight is 475 g/mol. The number of aryl methyl sites for hydroxylation is 1. The maximum Gasteiger partial charge on any atom is 0.238 e. The van der Waals surface area contributed by atoms with Gasteiger partial charge in [0.1, 0.15) is 27.3 Å². The van der Waals surface area contributed by atoms with E-state index in [1.54, 1.807) is 0 Å². The molecule has 33 heavy (non-hydrogen) atoms. The molecule has 0 saturated heterocycles. The maximum atomic E-state index is 14.7. The second kappa shape index (κ2) is 7.59. The topological polar surface area (TPSA) is 98.3 Å². The minimum Gasteiger partial charge on any atom is -0.326 e. The second-order valence-electron chi connectivity index (χ2n) is 8.95. The molecule has 0 bridgehead atoms. The van der Waals surface area contributed by atoms with Crippen molar-refractivity contribution in [3.8, 4) is 0 Å². The minimum absolute atomic E-state index is 0.0119. The summed E-state index contributed by atoms with van der Waals surface area (Å²) in [4.78, 5) is 19.4. The van der Waals surface area contributed by atoms with Gasteiger partial charge >= 0.3 is 0 Å². The fraction of sp³-hybridized carbons (Fsp3) is 0.391. The summed E-state index contributed by atoms with van der Waals surface area (Å²) in [6.45, 7) is 0.742. The Morgan fingerprint density at radius 1 is 1.18 bits per heavy atom. The highest BCUT2D eigenvalue weighted by atomic mass is 32.2. The molecule has 1 saturated carbocycles. The van der Waals surface area contributed by atoms with Gasteiger partial charge in [0.05, 0.1) is 34.4 Å². The zero-order valence-corrected chi connectivity index (χ0v) is 19.0. The molecule has 1 spiro atoms. The number of amides is 1. The highest BCUT2D eigenvalue weighted by Crippen LogP contribution is 2.58. The Balaban J connectivity index is 1.56. The van der Waals surface area contributed by atoms with E-state index in [1.807, 2.05) is 22.8 Å². The second-order valence-corrected chi connectivity index (χ2v) is 11.2. The van der Waals surface area contributed by atoms with Gasteiger partial charge in [0.2, 0.25) is 5.91 Å². The van der Waals surface area contributed by atoms with Crippen molar-refractivity contribution in [3.05, 3.63) is 58.9 Å².